The minimum atomic E-state index is -0.544. The maximum atomic E-state index is 11.1. The van der Waals surface area contributed by atoms with Crippen LogP contribution in [0.4, 0.5) is 0 Å². The predicted octanol–water partition coefficient (Wildman–Crippen LogP) is 1.78. The van der Waals surface area contributed by atoms with E-state index in [1.807, 2.05) is 6.07 Å². The first kappa shape index (κ1) is 11.2. The average Bonchev–Trinajstić information content (AvgIpc) is 2.06. The van der Waals surface area contributed by atoms with Crippen LogP contribution in [0, 0.1) is 11.3 Å². The highest BCUT2D eigenvalue weighted by Crippen LogP contribution is 2.07. The Labute approximate surface area is 80.1 Å². The Hall–Kier alpha value is -0.820. The van der Waals surface area contributed by atoms with Crippen molar-refractivity contribution in [3.63, 3.8) is 0 Å². The van der Waals surface area contributed by atoms with Gasteiger partial charge in [0.25, 0.3) is 0 Å². The van der Waals surface area contributed by atoms with Gasteiger partial charge in [-0.15, -0.1) is 0 Å². The quantitative estimate of drug-likeness (QED) is 0.322. The molecular weight excluding hydrogens is 222 g/mol. The first-order valence-electron chi connectivity index (χ1n) is 3.50. The van der Waals surface area contributed by atoms with Crippen LogP contribution < -0.4 is 0 Å². The Bertz CT molecular complexity index is 240. The van der Waals surface area contributed by atoms with Gasteiger partial charge in [-0.3, -0.25) is 0 Å². The lowest BCUT2D eigenvalue weighted by molar-refractivity contribution is -0.138. The fraction of sp³-hybridized carbons (Fsp3) is 0.500. The normalized spacial score (nSPS) is 11.5. The van der Waals surface area contributed by atoms with Crippen molar-refractivity contribution in [3.05, 3.63) is 11.1 Å². The molecule has 3 nitrogen and oxygen atoms in total. The fourth-order valence-corrected chi connectivity index (χ4v) is 0.866. The van der Waals surface area contributed by atoms with Gasteiger partial charge in [-0.25, -0.2) is 4.79 Å². The summed E-state index contributed by atoms with van der Waals surface area (Å²) in [6, 6.07) is 1.81. The standard InChI is InChI=1S/C8H10BrNO2/c1-3-12-8(11)7(5-10)6(2)4-9/h3-4H2,1-2H3/b7-6+. The Balaban J connectivity index is 4.59. The summed E-state index contributed by atoms with van der Waals surface area (Å²) in [7, 11) is 0. The van der Waals surface area contributed by atoms with E-state index in [0.717, 1.165) is 0 Å². The summed E-state index contributed by atoms with van der Waals surface area (Å²) in [5.41, 5.74) is 0.782. The van der Waals surface area contributed by atoms with E-state index >= 15 is 0 Å². The molecule has 4 heteroatoms. The maximum absolute atomic E-state index is 11.1. The van der Waals surface area contributed by atoms with Gasteiger partial charge in [-0.1, -0.05) is 15.9 Å². The fourth-order valence-electron chi connectivity index (χ4n) is 0.585. The second kappa shape index (κ2) is 5.78. The maximum Gasteiger partial charge on any atom is 0.348 e. The summed E-state index contributed by atoms with van der Waals surface area (Å²) >= 11 is 3.16. The Morgan fingerprint density at radius 3 is 2.58 bits per heavy atom. The molecule has 0 rings (SSSR count). The molecule has 66 valence electrons. The molecule has 0 heterocycles. The molecule has 0 aliphatic carbocycles. The molecule has 0 N–H and O–H groups in total. The highest BCUT2D eigenvalue weighted by atomic mass is 79.9. The molecule has 0 unspecified atom stereocenters. The highest BCUT2D eigenvalue weighted by Gasteiger charge is 2.12. The van der Waals surface area contributed by atoms with E-state index in [2.05, 4.69) is 20.7 Å². The highest BCUT2D eigenvalue weighted by molar-refractivity contribution is 9.09. The summed E-state index contributed by atoms with van der Waals surface area (Å²) in [5, 5.41) is 9.10. The van der Waals surface area contributed by atoms with Gasteiger partial charge in [0.1, 0.15) is 11.6 Å². The summed E-state index contributed by atoms with van der Waals surface area (Å²) in [6.07, 6.45) is 0. The number of halogens is 1. The zero-order valence-electron chi connectivity index (χ0n) is 7.06. The van der Waals surface area contributed by atoms with Gasteiger partial charge in [-0.2, -0.15) is 5.26 Å². The molecule has 0 amide bonds. The van der Waals surface area contributed by atoms with Gasteiger partial charge < -0.3 is 4.74 Å². The van der Waals surface area contributed by atoms with Crippen molar-refractivity contribution >= 4 is 21.9 Å². The monoisotopic (exact) mass is 231 g/mol. The van der Waals surface area contributed by atoms with Crippen molar-refractivity contribution in [2.75, 3.05) is 11.9 Å². The van der Waals surface area contributed by atoms with Crippen molar-refractivity contribution in [2.24, 2.45) is 0 Å². The molecule has 0 aromatic rings. The summed E-state index contributed by atoms with van der Waals surface area (Å²) in [5.74, 6) is -0.544. The number of ether oxygens (including phenoxy) is 1. The minimum absolute atomic E-state index is 0.0914. The van der Waals surface area contributed by atoms with Crippen molar-refractivity contribution in [2.45, 2.75) is 13.8 Å². The Morgan fingerprint density at radius 1 is 1.67 bits per heavy atom. The molecule has 12 heavy (non-hydrogen) atoms. The molecule has 0 radical (unpaired) electrons. The van der Waals surface area contributed by atoms with Crippen LogP contribution in [-0.2, 0) is 9.53 Å². The van der Waals surface area contributed by atoms with E-state index in [1.54, 1.807) is 13.8 Å². The van der Waals surface area contributed by atoms with Crippen molar-refractivity contribution in [1.82, 2.24) is 0 Å². The number of allylic oxidation sites excluding steroid dienone is 1. The van der Waals surface area contributed by atoms with Gasteiger partial charge in [0, 0.05) is 5.33 Å². The summed E-state index contributed by atoms with van der Waals surface area (Å²) < 4.78 is 4.68. The molecule has 0 saturated heterocycles. The van der Waals surface area contributed by atoms with Gasteiger partial charge in [0.2, 0.25) is 0 Å². The third-order valence-electron chi connectivity index (χ3n) is 1.22. The average molecular weight is 232 g/mol. The Morgan fingerprint density at radius 2 is 2.25 bits per heavy atom. The molecule has 0 aromatic heterocycles. The molecule has 0 aliphatic rings. The van der Waals surface area contributed by atoms with Crippen LogP contribution in [0.25, 0.3) is 0 Å². The topological polar surface area (TPSA) is 50.1 Å². The zero-order chi connectivity index (χ0) is 9.56. The lowest BCUT2D eigenvalue weighted by Crippen LogP contribution is -2.08. The molecule has 0 aliphatic heterocycles. The van der Waals surface area contributed by atoms with Crippen molar-refractivity contribution in [1.29, 1.82) is 5.26 Å². The van der Waals surface area contributed by atoms with Crippen LogP contribution in [0.5, 0.6) is 0 Å². The molecular formula is C8H10BrNO2. The van der Waals surface area contributed by atoms with Crippen LogP contribution in [0.15, 0.2) is 11.1 Å². The predicted molar refractivity (Wildman–Crippen MR) is 48.7 cm³/mol. The van der Waals surface area contributed by atoms with E-state index in [4.69, 9.17) is 5.26 Å². The lowest BCUT2D eigenvalue weighted by Gasteiger charge is -2.01. The first-order valence-corrected chi connectivity index (χ1v) is 4.62. The third-order valence-corrected chi connectivity index (χ3v) is 2.06. The molecule has 0 bridgehead atoms. The molecule has 0 fully saturated rings. The van der Waals surface area contributed by atoms with Gasteiger partial charge in [-0.05, 0) is 19.4 Å². The van der Waals surface area contributed by atoms with Crippen LogP contribution in [0.2, 0.25) is 0 Å². The minimum Gasteiger partial charge on any atom is -0.462 e. The van der Waals surface area contributed by atoms with Gasteiger partial charge in [0.15, 0.2) is 0 Å². The number of hydrogen-bond acceptors (Lipinski definition) is 3. The first-order chi connectivity index (χ1) is 5.67. The molecule has 0 atom stereocenters. The zero-order valence-corrected chi connectivity index (χ0v) is 8.64. The smallest absolute Gasteiger partial charge is 0.348 e. The number of carbonyl (C=O) groups is 1. The molecule has 0 saturated carbocycles. The number of nitriles is 1. The number of carbonyl (C=O) groups excluding carboxylic acids is 1. The van der Waals surface area contributed by atoms with Crippen molar-refractivity contribution in [3.8, 4) is 6.07 Å². The van der Waals surface area contributed by atoms with Gasteiger partial charge in [0.05, 0.1) is 6.61 Å². The second-order valence-corrected chi connectivity index (χ2v) is 2.68. The molecule has 0 aromatic carbocycles. The van der Waals surface area contributed by atoms with E-state index in [9.17, 15) is 4.79 Å². The van der Waals surface area contributed by atoms with Crippen molar-refractivity contribution < 1.29 is 9.53 Å². The third kappa shape index (κ3) is 3.05. The van der Waals surface area contributed by atoms with Crippen LogP contribution in [-0.4, -0.2) is 17.9 Å². The molecule has 0 spiro atoms. The Kier molecular flexibility index (Phi) is 5.39. The van der Waals surface area contributed by atoms with Crippen LogP contribution in [0.1, 0.15) is 13.8 Å². The summed E-state index contributed by atoms with van der Waals surface area (Å²) in [6.45, 7) is 3.71. The van der Waals surface area contributed by atoms with Crippen LogP contribution in [0.3, 0.4) is 0 Å². The van der Waals surface area contributed by atoms with E-state index < -0.39 is 5.97 Å². The van der Waals surface area contributed by atoms with E-state index in [0.29, 0.717) is 17.5 Å². The van der Waals surface area contributed by atoms with E-state index in [-0.39, 0.29) is 5.57 Å². The summed E-state index contributed by atoms with van der Waals surface area (Å²) in [4.78, 5) is 11.1. The lowest BCUT2D eigenvalue weighted by atomic mass is 10.2. The number of esters is 1. The van der Waals surface area contributed by atoms with Crippen LogP contribution >= 0.6 is 15.9 Å². The largest absolute Gasteiger partial charge is 0.462 e. The number of rotatable bonds is 3. The van der Waals surface area contributed by atoms with E-state index in [1.165, 1.54) is 0 Å². The SMILES string of the molecule is CCOC(=O)/C(C#N)=C(\C)CBr. The number of hydrogen-bond donors (Lipinski definition) is 0. The number of alkyl halides is 1. The second-order valence-electron chi connectivity index (χ2n) is 2.12. The number of nitrogens with zero attached hydrogens (tertiary/aromatic N) is 1. The van der Waals surface area contributed by atoms with Gasteiger partial charge >= 0.3 is 5.97 Å².